The Morgan fingerprint density at radius 3 is 1.95 bits per heavy atom. The van der Waals surface area contributed by atoms with E-state index in [0.717, 1.165) is 23.1 Å². The van der Waals surface area contributed by atoms with Crippen molar-refractivity contribution in [2.24, 2.45) is 5.92 Å². The van der Waals surface area contributed by atoms with Crippen LogP contribution >= 0.6 is 0 Å². The van der Waals surface area contributed by atoms with Crippen LogP contribution in [0.1, 0.15) is 25.8 Å². The highest BCUT2D eigenvalue weighted by Gasteiger charge is 2.07. The van der Waals surface area contributed by atoms with Crippen molar-refractivity contribution in [1.82, 2.24) is 0 Å². The molecule has 20 heavy (non-hydrogen) atoms. The number of benzene rings is 2. The lowest BCUT2D eigenvalue weighted by atomic mass is 9.99. The molecular weight excluding hydrogens is 251 g/mol. The van der Waals surface area contributed by atoms with Gasteiger partial charge in [-0.25, -0.2) is 4.39 Å². The first kappa shape index (κ1) is 14.4. The summed E-state index contributed by atoms with van der Waals surface area (Å²) in [5.41, 5.74) is 3.21. The molecule has 0 unspecified atom stereocenters. The van der Waals surface area contributed by atoms with E-state index >= 15 is 0 Å². The highest BCUT2D eigenvalue weighted by Crippen LogP contribution is 2.20. The maximum atomic E-state index is 12.9. The van der Waals surface area contributed by atoms with E-state index in [1.807, 2.05) is 38.1 Å². The molecule has 2 aromatic carbocycles. The number of rotatable bonds is 5. The second-order valence-corrected chi connectivity index (χ2v) is 5.32. The molecule has 0 spiro atoms. The number of carbonyl (C=O) groups is 1. The van der Waals surface area contributed by atoms with E-state index in [1.54, 1.807) is 12.1 Å². The van der Waals surface area contributed by atoms with Crippen LogP contribution in [0.2, 0.25) is 0 Å². The third-order valence-corrected chi connectivity index (χ3v) is 3.44. The van der Waals surface area contributed by atoms with Crippen LogP contribution in [-0.4, -0.2) is 5.78 Å². The van der Waals surface area contributed by atoms with E-state index in [0.29, 0.717) is 12.2 Å². The molecule has 104 valence electrons. The lowest BCUT2D eigenvalue weighted by Gasteiger charge is -2.06. The quantitative estimate of drug-likeness (QED) is 0.773. The molecule has 2 rings (SSSR count). The molecule has 0 saturated carbocycles. The SMILES string of the molecule is CC(C)C(=O)CCc1ccc(-c2ccc(F)cc2)cc1. The molecule has 0 N–H and O–H groups in total. The predicted molar refractivity (Wildman–Crippen MR) is 80.0 cm³/mol. The Bertz CT molecular complexity index is 567. The fourth-order valence-corrected chi connectivity index (χ4v) is 2.06. The minimum atomic E-state index is -0.224. The van der Waals surface area contributed by atoms with Crippen molar-refractivity contribution in [3.63, 3.8) is 0 Å². The summed E-state index contributed by atoms with van der Waals surface area (Å²) in [6.45, 7) is 3.86. The van der Waals surface area contributed by atoms with Gasteiger partial charge in [0, 0.05) is 12.3 Å². The molecule has 2 heteroatoms. The van der Waals surface area contributed by atoms with Gasteiger partial charge in [0.2, 0.25) is 0 Å². The van der Waals surface area contributed by atoms with Crippen molar-refractivity contribution in [3.8, 4) is 11.1 Å². The number of Topliss-reactive ketones (excluding diaryl/α,β-unsaturated/α-hetero) is 1. The van der Waals surface area contributed by atoms with Gasteiger partial charge in [0.25, 0.3) is 0 Å². The zero-order chi connectivity index (χ0) is 14.5. The lowest BCUT2D eigenvalue weighted by Crippen LogP contribution is -2.07. The Kier molecular flexibility index (Phi) is 4.67. The van der Waals surface area contributed by atoms with Gasteiger partial charge in [0.1, 0.15) is 11.6 Å². The highest BCUT2D eigenvalue weighted by atomic mass is 19.1. The van der Waals surface area contributed by atoms with E-state index < -0.39 is 0 Å². The molecule has 0 fully saturated rings. The highest BCUT2D eigenvalue weighted by molar-refractivity contribution is 5.80. The first-order chi connectivity index (χ1) is 9.56. The second-order valence-electron chi connectivity index (χ2n) is 5.32. The zero-order valence-corrected chi connectivity index (χ0v) is 11.9. The Morgan fingerprint density at radius 2 is 1.45 bits per heavy atom. The summed E-state index contributed by atoms with van der Waals surface area (Å²) in [6, 6.07) is 14.6. The Hall–Kier alpha value is -1.96. The van der Waals surface area contributed by atoms with Crippen molar-refractivity contribution >= 4 is 5.78 Å². The smallest absolute Gasteiger partial charge is 0.135 e. The molecule has 0 saturated heterocycles. The van der Waals surface area contributed by atoms with Crippen LogP contribution in [-0.2, 0) is 11.2 Å². The summed E-state index contributed by atoms with van der Waals surface area (Å²) in [4.78, 5) is 11.6. The fraction of sp³-hybridized carbons (Fsp3) is 0.278. The summed E-state index contributed by atoms with van der Waals surface area (Å²) in [5.74, 6) is 0.179. The summed E-state index contributed by atoms with van der Waals surface area (Å²) in [6.07, 6.45) is 1.37. The predicted octanol–water partition coefficient (Wildman–Crippen LogP) is 4.65. The van der Waals surface area contributed by atoms with E-state index in [9.17, 15) is 9.18 Å². The molecular formula is C18H19FO. The number of aryl methyl sites for hydroxylation is 1. The van der Waals surface area contributed by atoms with E-state index in [-0.39, 0.29) is 11.7 Å². The lowest BCUT2D eigenvalue weighted by molar-refractivity contribution is -0.121. The van der Waals surface area contributed by atoms with Gasteiger partial charge < -0.3 is 0 Å². The minimum Gasteiger partial charge on any atom is -0.299 e. The second kappa shape index (κ2) is 6.47. The van der Waals surface area contributed by atoms with Gasteiger partial charge in [0.15, 0.2) is 0 Å². The minimum absolute atomic E-state index is 0.105. The molecule has 0 aliphatic rings. The van der Waals surface area contributed by atoms with Crippen molar-refractivity contribution < 1.29 is 9.18 Å². The van der Waals surface area contributed by atoms with Gasteiger partial charge in [-0.1, -0.05) is 50.2 Å². The Morgan fingerprint density at radius 1 is 0.950 bits per heavy atom. The van der Waals surface area contributed by atoms with Crippen LogP contribution in [0.3, 0.4) is 0 Å². The molecule has 2 aromatic rings. The normalized spacial score (nSPS) is 10.8. The van der Waals surface area contributed by atoms with Crippen LogP contribution in [0.4, 0.5) is 4.39 Å². The molecule has 0 aliphatic carbocycles. The number of carbonyl (C=O) groups excluding carboxylic acids is 1. The molecule has 0 aromatic heterocycles. The molecule has 0 aliphatic heterocycles. The molecule has 0 heterocycles. The van der Waals surface area contributed by atoms with Crippen LogP contribution in [0.5, 0.6) is 0 Å². The maximum Gasteiger partial charge on any atom is 0.135 e. The van der Waals surface area contributed by atoms with Crippen molar-refractivity contribution in [1.29, 1.82) is 0 Å². The Labute approximate surface area is 119 Å². The average molecular weight is 270 g/mol. The summed E-state index contributed by atoms with van der Waals surface area (Å²) < 4.78 is 12.9. The van der Waals surface area contributed by atoms with Crippen LogP contribution in [0.25, 0.3) is 11.1 Å². The van der Waals surface area contributed by atoms with Crippen molar-refractivity contribution in [2.45, 2.75) is 26.7 Å². The maximum absolute atomic E-state index is 12.9. The molecule has 0 atom stereocenters. The van der Waals surface area contributed by atoms with Crippen LogP contribution < -0.4 is 0 Å². The topological polar surface area (TPSA) is 17.1 Å². The first-order valence-electron chi connectivity index (χ1n) is 6.94. The van der Waals surface area contributed by atoms with Crippen LogP contribution in [0, 0.1) is 11.7 Å². The molecule has 1 nitrogen and oxygen atoms in total. The first-order valence-corrected chi connectivity index (χ1v) is 6.94. The fourth-order valence-electron chi connectivity index (χ4n) is 2.06. The molecule has 0 bridgehead atoms. The average Bonchev–Trinajstić information content (AvgIpc) is 2.46. The zero-order valence-electron chi connectivity index (χ0n) is 11.9. The number of halogens is 1. The van der Waals surface area contributed by atoms with Gasteiger partial charge >= 0.3 is 0 Å². The van der Waals surface area contributed by atoms with E-state index in [2.05, 4.69) is 0 Å². The summed E-state index contributed by atoms with van der Waals surface area (Å²) in [7, 11) is 0. The van der Waals surface area contributed by atoms with Gasteiger partial charge in [-0.2, -0.15) is 0 Å². The standard InChI is InChI=1S/C18H19FO/c1-13(2)18(20)12-5-14-3-6-15(7-4-14)16-8-10-17(19)11-9-16/h3-4,6-11,13H,5,12H2,1-2H3. The number of hydrogen-bond acceptors (Lipinski definition) is 1. The van der Waals surface area contributed by atoms with E-state index in [4.69, 9.17) is 0 Å². The van der Waals surface area contributed by atoms with Crippen LogP contribution in [0.15, 0.2) is 48.5 Å². The van der Waals surface area contributed by atoms with Gasteiger partial charge in [-0.15, -0.1) is 0 Å². The van der Waals surface area contributed by atoms with Gasteiger partial charge in [-0.05, 0) is 35.2 Å². The van der Waals surface area contributed by atoms with Gasteiger partial charge in [0.05, 0.1) is 0 Å². The van der Waals surface area contributed by atoms with Crippen molar-refractivity contribution in [3.05, 3.63) is 59.9 Å². The largest absolute Gasteiger partial charge is 0.299 e. The summed E-state index contributed by atoms with van der Waals surface area (Å²) in [5, 5.41) is 0. The number of hydrogen-bond donors (Lipinski definition) is 0. The summed E-state index contributed by atoms with van der Waals surface area (Å²) >= 11 is 0. The third kappa shape index (κ3) is 3.77. The molecule has 0 radical (unpaired) electrons. The van der Waals surface area contributed by atoms with Gasteiger partial charge in [-0.3, -0.25) is 4.79 Å². The number of ketones is 1. The molecule has 0 amide bonds. The third-order valence-electron chi connectivity index (χ3n) is 3.44. The Balaban J connectivity index is 2.03. The van der Waals surface area contributed by atoms with E-state index in [1.165, 1.54) is 12.1 Å². The monoisotopic (exact) mass is 270 g/mol. The van der Waals surface area contributed by atoms with Crippen molar-refractivity contribution in [2.75, 3.05) is 0 Å².